The minimum atomic E-state index is -3.61. The third kappa shape index (κ3) is 4.64. The average Bonchev–Trinajstić information content (AvgIpc) is 2.56. The van der Waals surface area contributed by atoms with Crippen LogP contribution in [0.2, 0.25) is 0 Å². The molecule has 2 rings (SSSR count). The zero-order valence-corrected chi connectivity index (χ0v) is 14.8. The number of benzene rings is 1. The second kappa shape index (κ2) is 7.90. The van der Waals surface area contributed by atoms with Crippen LogP contribution in [0, 0.1) is 0 Å². The lowest BCUT2D eigenvalue weighted by Crippen LogP contribution is -2.32. The van der Waals surface area contributed by atoms with E-state index in [1.165, 1.54) is 24.3 Å². The lowest BCUT2D eigenvalue weighted by atomic mass is 9.96. The highest BCUT2D eigenvalue weighted by Gasteiger charge is 2.26. The van der Waals surface area contributed by atoms with E-state index < -0.39 is 22.1 Å². The van der Waals surface area contributed by atoms with Crippen LogP contribution in [0.4, 0.5) is 0 Å². The minimum absolute atomic E-state index is 0.0495. The van der Waals surface area contributed by atoms with Crippen LogP contribution in [-0.4, -0.2) is 32.3 Å². The predicted octanol–water partition coefficient (Wildman–Crippen LogP) is 2.43. The number of sulfonamides is 1. The quantitative estimate of drug-likeness (QED) is 0.793. The number of Topliss-reactive ketones (excluding diaryl/α,β-unsaturated/α-hetero) is 1. The van der Waals surface area contributed by atoms with E-state index in [1.54, 1.807) is 6.92 Å². The summed E-state index contributed by atoms with van der Waals surface area (Å²) in [7, 11) is -3.61. The molecule has 1 aliphatic rings. The van der Waals surface area contributed by atoms with Crippen LogP contribution in [-0.2, 0) is 19.6 Å². The monoisotopic (exact) mass is 353 g/mol. The topological polar surface area (TPSA) is 89.5 Å². The highest BCUT2D eigenvalue weighted by atomic mass is 32.2. The van der Waals surface area contributed by atoms with Crippen LogP contribution in [0.15, 0.2) is 29.2 Å². The van der Waals surface area contributed by atoms with E-state index in [9.17, 15) is 18.0 Å². The average molecular weight is 353 g/mol. The van der Waals surface area contributed by atoms with Crippen molar-refractivity contribution in [2.75, 3.05) is 0 Å². The molecule has 0 heterocycles. The summed E-state index contributed by atoms with van der Waals surface area (Å²) in [5, 5.41) is 0. The molecule has 6 nitrogen and oxygen atoms in total. The first-order valence-corrected chi connectivity index (χ1v) is 9.68. The number of ketones is 1. The maximum atomic E-state index is 12.2. The fourth-order valence-corrected chi connectivity index (χ4v) is 3.79. The summed E-state index contributed by atoms with van der Waals surface area (Å²) in [6.45, 7) is 3.67. The molecule has 1 aliphatic carbocycles. The first-order valence-electron chi connectivity index (χ1n) is 8.19. The molecular formula is C17H23NO5S. The molecule has 1 N–H and O–H groups in total. The van der Waals surface area contributed by atoms with Gasteiger partial charge in [0, 0.05) is 12.5 Å². The van der Waals surface area contributed by atoms with Gasteiger partial charge in [-0.15, -0.1) is 0 Å². The smallest absolute Gasteiger partial charge is 0.338 e. The van der Waals surface area contributed by atoms with Crippen LogP contribution >= 0.6 is 0 Å². The Balaban J connectivity index is 2.05. The Hall–Kier alpha value is -1.73. The Morgan fingerprint density at radius 1 is 1.29 bits per heavy atom. The molecule has 0 amide bonds. The second-order valence-corrected chi connectivity index (χ2v) is 7.77. The molecule has 2 atom stereocenters. The molecule has 0 bridgehead atoms. The van der Waals surface area contributed by atoms with E-state index in [0.717, 1.165) is 12.8 Å². The molecule has 0 aliphatic heterocycles. The Morgan fingerprint density at radius 2 is 1.96 bits per heavy atom. The number of ether oxygens (including phenoxy) is 1. The lowest BCUT2D eigenvalue weighted by Gasteiger charge is -2.20. The highest BCUT2D eigenvalue weighted by molar-refractivity contribution is 7.89. The minimum Gasteiger partial charge on any atom is -0.451 e. The molecule has 0 radical (unpaired) electrons. The van der Waals surface area contributed by atoms with Crippen molar-refractivity contribution in [3.8, 4) is 0 Å². The Morgan fingerprint density at radius 3 is 2.54 bits per heavy atom. The number of carbonyl (C=O) groups excluding carboxylic acids is 2. The van der Waals surface area contributed by atoms with Gasteiger partial charge in [-0.2, -0.15) is 0 Å². The van der Waals surface area contributed by atoms with Crippen molar-refractivity contribution in [1.82, 2.24) is 4.72 Å². The summed E-state index contributed by atoms with van der Waals surface area (Å²) < 4.78 is 32.1. The number of rotatable bonds is 6. The van der Waals surface area contributed by atoms with Crippen LogP contribution < -0.4 is 4.72 Å². The van der Waals surface area contributed by atoms with E-state index >= 15 is 0 Å². The molecule has 1 aromatic carbocycles. The predicted molar refractivity (Wildman–Crippen MR) is 89.2 cm³/mol. The Kier molecular flexibility index (Phi) is 6.12. The number of esters is 1. The third-order valence-corrected chi connectivity index (χ3v) is 5.72. The molecule has 1 fully saturated rings. The zero-order valence-electron chi connectivity index (χ0n) is 13.9. The Bertz CT molecular complexity index is 696. The van der Waals surface area contributed by atoms with Gasteiger partial charge in [0.25, 0.3) is 0 Å². The van der Waals surface area contributed by atoms with Crippen molar-refractivity contribution in [1.29, 1.82) is 0 Å². The van der Waals surface area contributed by atoms with Crippen molar-refractivity contribution < 1.29 is 22.7 Å². The van der Waals surface area contributed by atoms with Crippen molar-refractivity contribution >= 4 is 21.8 Å². The van der Waals surface area contributed by atoms with Crippen molar-refractivity contribution in [3.05, 3.63) is 29.8 Å². The fraction of sp³-hybridized carbons (Fsp3) is 0.529. The summed E-state index contributed by atoms with van der Waals surface area (Å²) in [4.78, 5) is 23.9. The van der Waals surface area contributed by atoms with Crippen LogP contribution in [0.5, 0.6) is 0 Å². The van der Waals surface area contributed by atoms with Gasteiger partial charge in [0.1, 0.15) is 0 Å². The van der Waals surface area contributed by atoms with E-state index in [4.69, 9.17) is 4.74 Å². The Labute approximate surface area is 142 Å². The number of nitrogens with one attached hydrogen (secondary N) is 1. The molecule has 1 aromatic rings. The van der Waals surface area contributed by atoms with Crippen LogP contribution in [0.25, 0.3) is 0 Å². The molecule has 24 heavy (non-hydrogen) atoms. The molecule has 7 heteroatoms. The molecule has 0 aromatic heterocycles. The van der Waals surface area contributed by atoms with Gasteiger partial charge in [-0.3, -0.25) is 4.79 Å². The SMILES string of the molecule is CC[C@@H](C)NS(=O)(=O)c1ccc(C(=O)O[C@H]2CCCCC2=O)cc1. The molecule has 1 saturated carbocycles. The second-order valence-electron chi connectivity index (χ2n) is 6.06. The molecule has 0 saturated heterocycles. The van der Waals surface area contributed by atoms with E-state index in [-0.39, 0.29) is 22.3 Å². The molecular weight excluding hydrogens is 330 g/mol. The van der Waals surface area contributed by atoms with E-state index in [0.29, 0.717) is 19.3 Å². The van der Waals surface area contributed by atoms with Gasteiger partial charge >= 0.3 is 5.97 Å². The van der Waals surface area contributed by atoms with Gasteiger partial charge in [-0.25, -0.2) is 17.9 Å². The van der Waals surface area contributed by atoms with Crippen molar-refractivity contribution in [3.63, 3.8) is 0 Å². The summed E-state index contributed by atoms with van der Waals surface area (Å²) in [6, 6.07) is 5.37. The maximum absolute atomic E-state index is 12.2. The van der Waals surface area contributed by atoms with Gasteiger partial charge in [-0.05, 0) is 56.9 Å². The van der Waals surface area contributed by atoms with Gasteiger partial charge in [0.2, 0.25) is 10.0 Å². The first kappa shape index (κ1) is 18.6. The summed E-state index contributed by atoms with van der Waals surface area (Å²) >= 11 is 0. The third-order valence-electron chi connectivity index (χ3n) is 4.12. The van der Waals surface area contributed by atoms with Gasteiger partial charge in [0.05, 0.1) is 10.5 Å². The maximum Gasteiger partial charge on any atom is 0.338 e. The van der Waals surface area contributed by atoms with Crippen LogP contribution in [0.1, 0.15) is 56.3 Å². The first-order chi connectivity index (χ1) is 11.3. The normalized spacial score (nSPS) is 19.8. The fourth-order valence-electron chi connectivity index (χ4n) is 2.46. The zero-order chi connectivity index (χ0) is 17.7. The van der Waals surface area contributed by atoms with Gasteiger partial charge < -0.3 is 4.74 Å². The summed E-state index contributed by atoms with van der Waals surface area (Å²) in [5.41, 5.74) is 0.232. The standard InChI is InChI=1S/C17H23NO5S/c1-3-12(2)18-24(21,22)14-10-8-13(9-11-14)17(20)23-16-7-5-4-6-15(16)19/h8-12,16,18H,3-7H2,1-2H3/t12-,16+/m1/s1. The highest BCUT2D eigenvalue weighted by Crippen LogP contribution is 2.19. The summed E-state index contributed by atoms with van der Waals surface area (Å²) in [5.74, 6) is -0.652. The summed E-state index contributed by atoms with van der Waals surface area (Å²) in [6.07, 6.45) is 2.69. The van der Waals surface area contributed by atoms with Gasteiger partial charge in [-0.1, -0.05) is 6.92 Å². The lowest BCUT2D eigenvalue weighted by molar-refractivity contribution is -0.129. The number of hydrogen-bond donors (Lipinski definition) is 1. The van der Waals surface area contributed by atoms with Crippen molar-refractivity contribution in [2.45, 2.75) is 63.0 Å². The molecule has 132 valence electrons. The van der Waals surface area contributed by atoms with Crippen LogP contribution in [0.3, 0.4) is 0 Å². The largest absolute Gasteiger partial charge is 0.451 e. The van der Waals surface area contributed by atoms with Gasteiger partial charge in [0.15, 0.2) is 11.9 Å². The molecule has 0 spiro atoms. The number of hydrogen-bond acceptors (Lipinski definition) is 5. The van der Waals surface area contributed by atoms with E-state index in [1.807, 2.05) is 6.92 Å². The molecule has 0 unspecified atom stereocenters. The number of carbonyl (C=O) groups is 2. The van der Waals surface area contributed by atoms with E-state index in [2.05, 4.69) is 4.72 Å². The van der Waals surface area contributed by atoms with Crippen molar-refractivity contribution in [2.24, 2.45) is 0 Å².